The smallest absolute Gasteiger partial charge is 0.287 e. The van der Waals surface area contributed by atoms with E-state index in [9.17, 15) is 14.4 Å². The summed E-state index contributed by atoms with van der Waals surface area (Å²) in [5, 5.41) is 5.06. The summed E-state index contributed by atoms with van der Waals surface area (Å²) in [5.74, 6) is -0.519. The fourth-order valence-electron chi connectivity index (χ4n) is 1.07. The van der Waals surface area contributed by atoms with Crippen molar-refractivity contribution in [3.63, 3.8) is 0 Å². The minimum Gasteiger partial charge on any atom is -0.356 e. The van der Waals surface area contributed by atoms with Crippen molar-refractivity contribution in [2.75, 3.05) is 13.1 Å². The van der Waals surface area contributed by atoms with Gasteiger partial charge in [0.15, 0.2) is 0 Å². The van der Waals surface area contributed by atoms with Crippen LogP contribution in [0.2, 0.25) is 0 Å². The van der Waals surface area contributed by atoms with Gasteiger partial charge in [-0.1, -0.05) is 0 Å². The van der Waals surface area contributed by atoms with E-state index in [4.69, 9.17) is 0 Å². The highest BCUT2D eigenvalue weighted by atomic mass is 16.2. The summed E-state index contributed by atoms with van der Waals surface area (Å²) in [5.41, 5.74) is 0. The van der Waals surface area contributed by atoms with E-state index in [0.717, 1.165) is 19.4 Å². The first-order valence-corrected chi connectivity index (χ1v) is 4.28. The van der Waals surface area contributed by atoms with E-state index in [2.05, 4.69) is 10.6 Å². The molecule has 0 bridgehead atoms. The Morgan fingerprint density at radius 1 is 0.923 bits per heavy atom. The van der Waals surface area contributed by atoms with E-state index in [-0.39, 0.29) is 11.7 Å². The quantitative estimate of drug-likeness (QED) is 0.473. The van der Waals surface area contributed by atoms with Gasteiger partial charge in [0.2, 0.25) is 11.7 Å². The van der Waals surface area contributed by atoms with E-state index >= 15 is 0 Å². The maximum atomic E-state index is 10.2. The van der Waals surface area contributed by atoms with Crippen LogP contribution in [0.5, 0.6) is 0 Å². The Kier molecular flexibility index (Phi) is 3.42. The Labute approximate surface area is 75.9 Å². The molecule has 2 rings (SSSR count). The number of hydrogen-bond acceptors (Lipinski definition) is 3. The molecule has 2 amide bonds. The Morgan fingerprint density at radius 3 is 1.85 bits per heavy atom. The van der Waals surface area contributed by atoms with Crippen molar-refractivity contribution < 1.29 is 14.4 Å². The van der Waals surface area contributed by atoms with Gasteiger partial charge in [0.25, 0.3) is 5.91 Å². The monoisotopic (exact) mass is 184 g/mol. The van der Waals surface area contributed by atoms with Crippen LogP contribution in [0.1, 0.15) is 19.3 Å². The fraction of sp³-hybridized carbons (Fsp3) is 0.625. The van der Waals surface area contributed by atoms with Crippen LogP contribution in [-0.4, -0.2) is 30.7 Å². The second-order valence-corrected chi connectivity index (χ2v) is 2.88. The van der Waals surface area contributed by atoms with Crippen LogP contribution in [0.25, 0.3) is 0 Å². The average Bonchev–Trinajstić information content (AvgIpc) is 2.67. The molecule has 0 aliphatic carbocycles. The van der Waals surface area contributed by atoms with Crippen molar-refractivity contribution in [3.05, 3.63) is 0 Å². The summed E-state index contributed by atoms with van der Waals surface area (Å²) in [7, 11) is 0. The van der Waals surface area contributed by atoms with Crippen LogP contribution in [0.3, 0.4) is 0 Å². The number of carbonyl (C=O) groups is 3. The first kappa shape index (κ1) is 9.70. The molecule has 2 aliphatic heterocycles. The highest BCUT2D eigenvalue weighted by molar-refractivity contribution is 6.37. The lowest BCUT2D eigenvalue weighted by Crippen LogP contribution is -2.18. The number of amides is 2. The van der Waals surface area contributed by atoms with Gasteiger partial charge in [-0.15, -0.1) is 0 Å². The minimum atomic E-state index is -0.431. The molecule has 2 aliphatic rings. The number of rotatable bonds is 0. The highest BCUT2D eigenvalue weighted by Gasteiger charge is 2.18. The van der Waals surface area contributed by atoms with Crippen LogP contribution in [0.4, 0.5) is 0 Å². The molecule has 0 radical (unpaired) electrons. The van der Waals surface area contributed by atoms with Crippen molar-refractivity contribution in [1.82, 2.24) is 10.6 Å². The van der Waals surface area contributed by atoms with E-state index in [0.29, 0.717) is 13.0 Å². The summed E-state index contributed by atoms with van der Waals surface area (Å²) in [6.07, 6.45) is 2.14. The average molecular weight is 184 g/mol. The topological polar surface area (TPSA) is 75.3 Å². The summed E-state index contributed by atoms with van der Waals surface area (Å²) in [4.78, 5) is 30.4. The molecule has 13 heavy (non-hydrogen) atoms. The molecule has 2 saturated heterocycles. The maximum Gasteiger partial charge on any atom is 0.287 e. The number of Topliss-reactive ketones (excluding diaryl/α,β-unsaturated/α-hetero) is 1. The molecule has 0 spiro atoms. The van der Waals surface area contributed by atoms with E-state index in [1.165, 1.54) is 0 Å². The van der Waals surface area contributed by atoms with Crippen LogP contribution >= 0.6 is 0 Å². The molecule has 0 aromatic carbocycles. The summed E-state index contributed by atoms with van der Waals surface area (Å²) >= 11 is 0. The maximum absolute atomic E-state index is 10.2. The van der Waals surface area contributed by atoms with Gasteiger partial charge in [0.1, 0.15) is 0 Å². The zero-order chi connectivity index (χ0) is 9.68. The normalized spacial score (nSPS) is 20.5. The highest BCUT2D eigenvalue weighted by Crippen LogP contribution is 1.93. The molecule has 0 unspecified atom stereocenters. The summed E-state index contributed by atoms with van der Waals surface area (Å²) < 4.78 is 0. The van der Waals surface area contributed by atoms with Crippen LogP contribution in [0.15, 0.2) is 0 Å². The SMILES string of the molecule is O=C1CCCN1.O=C1CCNC1=O. The molecule has 5 heteroatoms. The minimum absolute atomic E-state index is 0.204. The molecular weight excluding hydrogens is 172 g/mol. The second-order valence-electron chi connectivity index (χ2n) is 2.88. The fourth-order valence-corrected chi connectivity index (χ4v) is 1.07. The second kappa shape index (κ2) is 4.59. The van der Waals surface area contributed by atoms with Crippen molar-refractivity contribution in [2.45, 2.75) is 19.3 Å². The first-order valence-electron chi connectivity index (χ1n) is 4.28. The molecule has 0 aromatic heterocycles. The predicted molar refractivity (Wildman–Crippen MR) is 44.9 cm³/mol. The zero-order valence-corrected chi connectivity index (χ0v) is 7.26. The summed E-state index contributed by atoms with van der Waals surface area (Å²) in [6.45, 7) is 1.41. The number of nitrogens with one attached hydrogen (secondary N) is 2. The molecule has 5 nitrogen and oxygen atoms in total. The van der Waals surface area contributed by atoms with E-state index in [1.807, 2.05) is 0 Å². The number of carbonyl (C=O) groups excluding carboxylic acids is 3. The van der Waals surface area contributed by atoms with Crippen LogP contribution in [0, 0.1) is 0 Å². The summed E-state index contributed by atoms with van der Waals surface area (Å²) in [6, 6.07) is 0. The third kappa shape index (κ3) is 3.23. The zero-order valence-electron chi connectivity index (χ0n) is 7.26. The van der Waals surface area contributed by atoms with Gasteiger partial charge in [-0.05, 0) is 6.42 Å². The Bertz CT molecular complexity index is 216. The molecule has 0 saturated carbocycles. The predicted octanol–water partition coefficient (Wildman–Crippen LogP) is -1.03. The third-order valence-corrected chi connectivity index (χ3v) is 1.79. The van der Waals surface area contributed by atoms with E-state index in [1.54, 1.807) is 0 Å². The van der Waals surface area contributed by atoms with Gasteiger partial charge in [0.05, 0.1) is 0 Å². The molecule has 2 heterocycles. The lowest BCUT2D eigenvalue weighted by Gasteiger charge is -1.80. The third-order valence-electron chi connectivity index (χ3n) is 1.79. The van der Waals surface area contributed by atoms with Gasteiger partial charge >= 0.3 is 0 Å². The van der Waals surface area contributed by atoms with Gasteiger partial charge in [-0.3, -0.25) is 14.4 Å². The van der Waals surface area contributed by atoms with Gasteiger partial charge in [-0.2, -0.15) is 0 Å². The van der Waals surface area contributed by atoms with Gasteiger partial charge < -0.3 is 10.6 Å². The molecular formula is C8H12N2O3. The Balaban J connectivity index is 0.000000132. The van der Waals surface area contributed by atoms with Crippen molar-refractivity contribution in [1.29, 1.82) is 0 Å². The van der Waals surface area contributed by atoms with E-state index < -0.39 is 5.91 Å². The lowest BCUT2D eigenvalue weighted by atomic mass is 10.3. The van der Waals surface area contributed by atoms with Crippen LogP contribution < -0.4 is 10.6 Å². The largest absolute Gasteiger partial charge is 0.356 e. The lowest BCUT2D eigenvalue weighted by molar-refractivity contribution is -0.135. The van der Waals surface area contributed by atoms with Gasteiger partial charge in [0, 0.05) is 25.9 Å². The number of ketones is 1. The number of hydrogen-bond donors (Lipinski definition) is 2. The molecule has 0 atom stereocenters. The molecule has 0 aromatic rings. The molecule has 2 fully saturated rings. The van der Waals surface area contributed by atoms with Crippen LogP contribution in [-0.2, 0) is 14.4 Å². The van der Waals surface area contributed by atoms with Crippen molar-refractivity contribution >= 4 is 17.6 Å². The molecule has 2 N–H and O–H groups in total. The standard InChI is InChI=1S/C4H5NO2.C4H7NO/c6-3-1-2-5-4(3)7;6-4-2-1-3-5-4/h1-2H2,(H,5,7);1-3H2,(H,5,6). The van der Waals surface area contributed by atoms with Crippen molar-refractivity contribution in [3.8, 4) is 0 Å². The molecule has 72 valence electrons. The Hall–Kier alpha value is -1.39. The van der Waals surface area contributed by atoms with Crippen molar-refractivity contribution in [2.24, 2.45) is 0 Å². The first-order chi connectivity index (χ1) is 6.20. The van der Waals surface area contributed by atoms with Gasteiger partial charge in [-0.25, -0.2) is 0 Å². The Morgan fingerprint density at radius 2 is 1.69 bits per heavy atom.